The van der Waals surface area contributed by atoms with Crippen LogP contribution >= 0.6 is 0 Å². The van der Waals surface area contributed by atoms with Crippen LogP contribution in [-0.4, -0.2) is 35.3 Å². The summed E-state index contributed by atoms with van der Waals surface area (Å²) < 4.78 is 16.5. The predicted molar refractivity (Wildman–Crippen MR) is 78.8 cm³/mol. The standard InChI is InChI=1S/C14H18N2O3S/c1-19-7-3-8-20(18)9-6-14(17)16-13-5-2-4-12(10-13)11-15/h2,4-5,10H,3,6-9H2,1H3,(H,16,17). The number of benzene rings is 1. The summed E-state index contributed by atoms with van der Waals surface area (Å²) in [5.41, 5.74) is 1.07. The molecule has 0 aliphatic heterocycles. The maximum absolute atomic E-state index is 11.7. The molecule has 0 saturated carbocycles. The average molecular weight is 294 g/mol. The third-order valence-electron chi connectivity index (χ3n) is 2.55. The van der Waals surface area contributed by atoms with Crippen molar-refractivity contribution in [3.8, 4) is 6.07 Å². The Morgan fingerprint density at radius 1 is 1.45 bits per heavy atom. The SMILES string of the molecule is COCCCS(=O)CCC(=O)Nc1cccc(C#N)c1. The van der Waals surface area contributed by atoms with Gasteiger partial charge in [0.2, 0.25) is 5.91 Å². The summed E-state index contributed by atoms with van der Waals surface area (Å²) in [5.74, 6) is 0.693. The van der Waals surface area contributed by atoms with Gasteiger partial charge in [0.1, 0.15) is 0 Å². The van der Waals surface area contributed by atoms with E-state index in [1.165, 1.54) is 0 Å². The molecule has 108 valence electrons. The van der Waals surface area contributed by atoms with Crippen LogP contribution in [0.25, 0.3) is 0 Å². The van der Waals surface area contributed by atoms with E-state index in [4.69, 9.17) is 10.00 Å². The molecule has 6 heteroatoms. The van der Waals surface area contributed by atoms with Crippen LogP contribution in [0.3, 0.4) is 0 Å². The van der Waals surface area contributed by atoms with Crippen molar-refractivity contribution in [3.05, 3.63) is 29.8 Å². The van der Waals surface area contributed by atoms with E-state index in [2.05, 4.69) is 5.32 Å². The quantitative estimate of drug-likeness (QED) is 0.740. The minimum absolute atomic E-state index is 0.194. The molecule has 1 amide bonds. The highest BCUT2D eigenvalue weighted by atomic mass is 32.2. The number of amides is 1. The van der Waals surface area contributed by atoms with Gasteiger partial charge in [-0.2, -0.15) is 5.26 Å². The molecule has 0 bridgehead atoms. The van der Waals surface area contributed by atoms with Crippen molar-refractivity contribution in [2.45, 2.75) is 12.8 Å². The number of hydrogen-bond donors (Lipinski definition) is 1. The number of nitrogens with one attached hydrogen (secondary N) is 1. The molecule has 20 heavy (non-hydrogen) atoms. The molecule has 1 rings (SSSR count). The fourth-order valence-corrected chi connectivity index (χ4v) is 2.62. The first-order valence-corrected chi connectivity index (χ1v) is 7.78. The van der Waals surface area contributed by atoms with Crippen LogP contribution in [0.1, 0.15) is 18.4 Å². The Labute approximate surface area is 121 Å². The Balaban J connectivity index is 2.33. The van der Waals surface area contributed by atoms with E-state index >= 15 is 0 Å². The molecule has 0 aromatic heterocycles. The smallest absolute Gasteiger partial charge is 0.225 e. The van der Waals surface area contributed by atoms with Crippen molar-refractivity contribution in [3.63, 3.8) is 0 Å². The van der Waals surface area contributed by atoms with E-state index in [-0.39, 0.29) is 12.3 Å². The van der Waals surface area contributed by atoms with E-state index in [0.717, 1.165) is 6.42 Å². The van der Waals surface area contributed by atoms with E-state index in [1.807, 2.05) is 6.07 Å². The molecule has 0 saturated heterocycles. The van der Waals surface area contributed by atoms with Gasteiger partial charge >= 0.3 is 0 Å². The fraction of sp³-hybridized carbons (Fsp3) is 0.429. The van der Waals surface area contributed by atoms with E-state index < -0.39 is 10.8 Å². The topological polar surface area (TPSA) is 79.2 Å². The number of anilines is 1. The highest BCUT2D eigenvalue weighted by Crippen LogP contribution is 2.10. The lowest BCUT2D eigenvalue weighted by Crippen LogP contribution is -2.16. The monoisotopic (exact) mass is 294 g/mol. The number of methoxy groups -OCH3 is 1. The second kappa shape index (κ2) is 9.23. The summed E-state index contributed by atoms with van der Waals surface area (Å²) in [5, 5.41) is 11.5. The number of carbonyl (C=O) groups is 1. The van der Waals surface area contributed by atoms with Crippen LogP contribution in [0.2, 0.25) is 0 Å². The molecule has 0 aliphatic carbocycles. The third-order valence-corrected chi connectivity index (χ3v) is 3.96. The molecule has 0 spiro atoms. The first-order valence-electron chi connectivity index (χ1n) is 6.29. The molecule has 1 atom stereocenters. The molecule has 0 aliphatic rings. The predicted octanol–water partition coefficient (Wildman–Crippen LogP) is 1.67. The van der Waals surface area contributed by atoms with Gasteiger partial charge in [-0.3, -0.25) is 9.00 Å². The van der Waals surface area contributed by atoms with Crippen LogP contribution in [0, 0.1) is 11.3 Å². The van der Waals surface area contributed by atoms with E-state index in [0.29, 0.717) is 29.4 Å². The Morgan fingerprint density at radius 2 is 2.25 bits per heavy atom. The van der Waals surface area contributed by atoms with E-state index in [1.54, 1.807) is 31.4 Å². The number of nitriles is 1. The zero-order valence-electron chi connectivity index (χ0n) is 11.4. The first-order chi connectivity index (χ1) is 9.65. The van der Waals surface area contributed by atoms with Crippen molar-refractivity contribution in [2.24, 2.45) is 0 Å². The lowest BCUT2D eigenvalue weighted by Gasteiger charge is -2.05. The summed E-state index contributed by atoms with van der Waals surface area (Å²) in [4.78, 5) is 11.7. The second-order valence-electron chi connectivity index (χ2n) is 4.19. The number of ether oxygens (including phenoxy) is 1. The van der Waals surface area contributed by atoms with Gasteiger partial charge in [0, 0.05) is 48.1 Å². The van der Waals surface area contributed by atoms with Crippen LogP contribution in [0.5, 0.6) is 0 Å². The Morgan fingerprint density at radius 3 is 2.95 bits per heavy atom. The highest BCUT2D eigenvalue weighted by molar-refractivity contribution is 7.84. The van der Waals surface area contributed by atoms with Gasteiger partial charge in [-0.25, -0.2) is 0 Å². The van der Waals surface area contributed by atoms with Gasteiger partial charge in [-0.1, -0.05) is 6.07 Å². The van der Waals surface area contributed by atoms with Gasteiger partial charge in [0.05, 0.1) is 11.6 Å². The van der Waals surface area contributed by atoms with Gasteiger partial charge in [-0.05, 0) is 24.6 Å². The van der Waals surface area contributed by atoms with Gasteiger partial charge < -0.3 is 10.1 Å². The first kappa shape index (κ1) is 16.3. The van der Waals surface area contributed by atoms with Crippen molar-refractivity contribution in [1.82, 2.24) is 0 Å². The third kappa shape index (κ3) is 6.45. The van der Waals surface area contributed by atoms with Crippen LogP contribution in [0.15, 0.2) is 24.3 Å². The Hall–Kier alpha value is -1.71. The molecular formula is C14H18N2O3S. The second-order valence-corrected chi connectivity index (χ2v) is 5.88. The van der Waals surface area contributed by atoms with Crippen LogP contribution < -0.4 is 5.32 Å². The maximum atomic E-state index is 11.7. The molecular weight excluding hydrogens is 276 g/mol. The summed E-state index contributed by atoms with van der Waals surface area (Å²) in [6.45, 7) is 0.582. The molecule has 1 aromatic rings. The fourth-order valence-electron chi connectivity index (χ4n) is 1.56. The highest BCUT2D eigenvalue weighted by Gasteiger charge is 2.06. The van der Waals surface area contributed by atoms with Crippen LogP contribution in [0.4, 0.5) is 5.69 Å². The minimum Gasteiger partial charge on any atom is -0.385 e. The number of hydrogen-bond acceptors (Lipinski definition) is 4. The Bertz CT molecular complexity index is 511. The molecule has 5 nitrogen and oxygen atoms in total. The van der Waals surface area contributed by atoms with Gasteiger partial charge in [0.25, 0.3) is 0 Å². The van der Waals surface area contributed by atoms with Crippen molar-refractivity contribution in [1.29, 1.82) is 5.26 Å². The maximum Gasteiger partial charge on any atom is 0.225 e. The largest absolute Gasteiger partial charge is 0.385 e. The minimum atomic E-state index is -0.999. The van der Waals surface area contributed by atoms with Gasteiger partial charge in [-0.15, -0.1) is 0 Å². The average Bonchev–Trinajstić information content (AvgIpc) is 2.45. The lowest BCUT2D eigenvalue weighted by atomic mass is 10.2. The number of nitrogens with zero attached hydrogens (tertiary/aromatic N) is 1. The summed E-state index contributed by atoms with van der Waals surface area (Å²) >= 11 is 0. The lowest BCUT2D eigenvalue weighted by molar-refractivity contribution is -0.115. The molecule has 1 unspecified atom stereocenters. The van der Waals surface area contributed by atoms with Gasteiger partial charge in [0.15, 0.2) is 0 Å². The number of carbonyl (C=O) groups excluding carboxylic acids is 1. The van der Waals surface area contributed by atoms with E-state index in [9.17, 15) is 9.00 Å². The molecule has 1 aromatic carbocycles. The molecule has 0 fully saturated rings. The van der Waals surface area contributed by atoms with Crippen molar-refractivity contribution in [2.75, 3.05) is 30.5 Å². The molecule has 1 N–H and O–H groups in total. The van der Waals surface area contributed by atoms with Crippen LogP contribution in [-0.2, 0) is 20.3 Å². The zero-order valence-corrected chi connectivity index (χ0v) is 12.2. The van der Waals surface area contributed by atoms with Crippen molar-refractivity contribution >= 4 is 22.4 Å². The normalized spacial score (nSPS) is 11.6. The zero-order chi connectivity index (χ0) is 14.8. The summed E-state index contributed by atoms with van der Waals surface area (Å²) in [6, 6.07) is 8.70. The number of rotatable bonds is 8. The van der Waals surface area contributed by atoms with Crippen molar-refractivity contribution < 1.29 is 13.7 Å². The summed E-state index contributed by atoms with van der Waals surface area (Å²) in [7, 11) is 0.604. The molecule has 0 heterocycles. The molecule has 0 radical (unpaired) electrons. The Kier molecular flexibility index (Phi) is 7.55. The summed E-state index contributed by atoms with van der Waals surface area (Å²) in [6.07, 6.45) is 0.936.